The molecule has 1 saturated heterocycles. The van der Waals surface area contributed by atoms with Gasteiger partial charge in [-0.1, -0.05) is 0 Å². The quantitative estimate of drug-likeness (QED) is 0.502. The molecule has 1 fully saturated rings. The van der Waals surface area contributed by atoms with Gasteiger partial charge in [-0.2, -0.15) is 0 Å². The summed E-state index contributed by atoms with van der Waals surface area (Å²) in [6.45, 7) is 2.83. The maximum absolute atomic E-state index is 11.4. The molecule has 5 nitrogen and oxygen atoms in total. The SMILES string of the molecule is COC(=O)C(=O)N(C)CCC1CCN(C)C1. The molecule has 5 heteroatoms. The Bertz CT molecular complexity index is 268. The summed E-state index contributed by atoms with van der Waals surface area (Å²) in [7, 11) is 4.96. The second kappa shape index (κ2) is 5.84. The molecule has 1 rings (SSSR count). The minimum atomic E-state index is -0.786. The molecule has 92 valence electrons. The fourth-order valence-electron chi connectivity index (χ4n) is 1.98. The number of likely N-dealkylation sites (tertiary alicyclic amines) is 1. The summed E-state index contributed by atoms with van der Waals surface area (Å²) < 4.78 is 4.38. The Kier molecular flexibility index (Phi) is 4.73. The number of nitrogens with zero attached hydrogens (tertiary/aromatic N) is 2. The lowest BCUT2D eigenvalue weighted by Crippen LogP contribution is -2.35. The summed E-state index contributed by atoms with van der Waals surface area (Å²) in [6, 6.07) is 0. The van der Waals surface area contributed by atoms with Gasteiger partial charge in [-0.15, -0.1) is 0 Å². The first-order chi connectivity index (χ1) is 7.54. The van der Waals surface area contributed by atoms with Crippen LogP contribution < -0.4 is 0 Å². The van der Waals surface area contributed by atoms with Gasteiger partial charge in [-0.3, -0.25) is 4.79 Å². The third-order valence-electron chi connectivity index (χ3n) is 3.07. The van der Waals surface area contributed by atoms with Crippen LogP contribution in [0, 0.1) is 5.92 Å². The van der Waals surface area contributed by atoms with Gasteiger partial charge >= 0.3 is 11.9 Å². The predicted octanol–water partition coefficient (Wildman–Crippen LogP) is -0.0404. The van der Waals surface area contributed by atoms with Crippen LogP contribution in [0.1, 0.15) is 12.8 Å². The molecule has 0 aliphatic carbocycles. The molecule has 0 bridgehead atoms. The molecule has 1 amide bonds. The van der Waals surface area contributed by atoms with Crippen molar-refractivity contribution in [3.8, 4) is 0 Å². The molecule has 0 N–H and O–H groups in total. The number of likely N-dealkylation sites (N-methyl/N-ethyl adjacent to an activating group) is 1. The standard InChI is InChI=1S/C11H20N2O3/c1-12-6-4-9(8-12)5-7-13(2)10(14)11(15)16-3/h9H,4-8H2,1-3H3. The molecule has 1 aliphatic rings. The van der Waals surface area contributed by atoms with Gasteiger partial charge in [0.25, 0.3) is 0 Å². The van der Waals surface area contributed by atoms with Crippen molar-refractivity contribution in [1.82, 2.24) is 9.80 Å². The normalized spacial score (nSPS) is 20.8. The fourth-order valence-corrected chi connectivity index (χ4v) is 1.98. The fraction of sp³-hybridized carbons (Fsp3) is 0.818. The summed E-state index contributed by atoms with van der Waals surface area (Å²) >= 11 is 0. The van der Waals surface area contributed by atoms with Crippen LogP contribution in [-0.4, -0.2) is 62.5 Å². The lowest BCUT2D eigenvalue weighted by atomic mass is 10.1. The molecule has 0 spiro atoms. The van der Waals surface area contributed by atoms with E-state index in [1.54, 1.807) is 7.05 Å². The molecule has 1 unspecified atom stereocenters. The number of hydrogen-bond acceptors (Lipinski definition) is 4. The van der Waals surface area contributed by atoms with E-state index in [0.29, 0.717) is 12.5 Å². The maximum Gasteiger partial charge on any atom is 0.396 e. The average Bonchev–Trinajstić information content (AvgIpc) is 2.69. The highest BCUT2D eigenvalue weighted by Crippen LogP contribution is 2.17. The highest BCUT2D eigenvalue weighted by Gasteiger charge is 2.23. The number of rotatable bonds is 3. The van der Waals surface area contributed by atoms with Crippen LogP contribution >= 0.6 is 0 Å². The Balaban J connectivity index is 2.27. The molecule has 0 aromatic heterocycles. The van der Waals surface area contributed by atoms with Crippen LogP contribution in [0.25, 0.3) is 0 Å². The van der Waals surface area contributed by atoms with Crippen molar-refractivity contribution in [2.24, 2.45) is 5.92 Å². The average molecular weight is 228 g/mol. The van der Waals surface area contributed by atoms with Crippen LogP contribution in [0.3, 0.4) is 0 Å². The molecule has 0 radical (unpaired) electrons. The summed E-state index contributed by atoms with van der Waals surface area (Å²) in [6.07, 6.45) is 2.13. The van der Waals surface area contributed by atoms with E-state index >= 15 is 0 Å². The van der Waals surface area contributed by atoms with Gasteiger partial charge in [0.15, 0.2) is 0 Å². The Hall–Kier alpha value is -1.10. The Morgan fingerprint density at radius 3 is 2.69 bits per heavy atom. The van der Waals surface area contributed by atoms with E-state index in [1.165, 1.54) is 18.4 Å². The van der Waals surface area contributed by atoms with Crippen molar-refractivity contribution in [2.75, 3.05) is 40.8 Å². The van der Waals surface area contributed by atoms with Gasteiger partial charge in [0.1, 0.15) is 0 Å². The highest BCUT2D eigenvalue weighted by atomic mass is 16.5. The predicted molar refractivity (Wildman–Crippen MR) is 59.9 cm³/mol. The molecule has 1 heterocycles. The Labute approximate surface area is 96.3 Å². The van der Waals surface area contributed by atoms with E-state index in [1.807, 2.05) is 0 Å². The third kappa shape index (κ3) is 3.48. The molecule has 16 heavy (non-hydrogen) atoms. The van der Waals surface area contributed by atoms with E-state index in [4.69, 9.17) is 0 Å². The minimum Gasteiger partial charge on any atom is -0.462 e. The Morgan fingerprint density at radius 1 is 1.50 bits per heavy atom. The van der Waals surface area contributed by atoms with Crippen molar-refractivity contribution in [2.45, 2.75) is 12.8 Å². The van der Waals surface area contributed by atoms with Gasteiger partial charge in [-0.25, -0.2) is 4.79 Å². The number of carbonyl (C=O) groups is 2. The van der Waals surface area contributed by atoms with Crippen molar-refractivity contribution in [3.63, 3.8) is 0 Å². The van der Waals surface area contributed by atoms with Crippen LogP contribution in [0.15, 0.2) is 0 Å². The number of ether oxygens (including phenoxy) is 1. The second-order valence-corrected chi connectivity index (χ2v) is 4.42. The third-order valence-corrected chi connectivity index (χ3v) is 3.07. The van der Waals surface area contributed by atoms with E-state index < -0.39 is 11.9 Å². The smallest absolute Gasteiger partial charge is 0.396 e. The van der Waals surface area contributed by atoms with Crippen LogP contribution in [-0.2, 0) is 14.3 Å². The van der Waals surface area contributed by atoms with E-state index in [-0.39, 0.29) is 0 Å². The topological polar surface area (TPSA) is 49.9 Å². The van der Waals surface area contributed by atoms with E-state index in [9.17, 15) is 9.59 Å². The molecule has 1 aliphatic heterocycles. The number of carbonyl (C=O) groups excluding carboxylic acids is 2. The number of hydrogen-bond donors (Lipinski definition) is 0. The zero-order valence-corrected chi connectivity index (χ0v) is 10.2. The van der Waals surface area contributed by atoms with Gasteiger partial charge in [0, 0.05) is 20.1 Å². The Morgan fingerprint density at radius 2 is 2.19 bits per heavy atom. The van der Waals surface area contributed by atoms with Crippen molar-refractivity contribution < 1.29 is 14.3 Å². The van der Waals surface area contributed by atoms with E-state index in [2.05, 4.69) is 16.7 Å². The zero-order chi connectivity index (χ0) is 12.1. The van der Waals surface area contributed by atoms with Crippen molar-refractivity contribution in [3.05, 3.63) is 0 Å². The summed E-state index contributed by atoms with van der Waals surface area (Å²) in [5.41, 5.74) is 0. The number of methoxy groups -OCH3 is 1. The largest absolute Gasteiger partial charge is 0.462 e. The van der Waals surface area contributed by atoms with Crippen molar-refractivity contribution in [1.29, 1.82) is 0 Å². The first kappa shape index (κ1) is 13.0. The molecule has 0 aromatic rings. The van der Waals surface area contributed by atoms with Gasteiger partial charge in [-0.05, 0) is 32.4 Å². The molecule has 1 atom stereocenters. The summed E-state index contributed by atoms with van der Waals surface area (Å²) in [5.74, 6) is -0.710. The first-order valence-corrected chi connectivity index (χ1v) is 5.56. The maximum atomic E-state index is 11.4. The van der Waals surface area contributed by atoms with Gasteiger partial charge in [0.2, 0.25) is 0 Å². The summed E-state index contributed by atoms with van der Waals surface area (Å²) in [5, 5.41) is 0. The van der Waals surface area contributed by atoms with Crippen LogP contribution in [0.2, 0.25) is 0 Å². The van der Waals surface area contributed by atoms with Crippen molar-refractivity contribution >= 4 is 11.9 Å². The molecular weight excluding hydrogens is 208 g/mol. The first-order valence-electron chi connectivity index (χ1n) is 5.56. The minimum absolute atomic E-state index is 0.561. The second-order valence-electron chi connectivity index (χ2n) is 4.42. The number of amides is 1. The van der Waals surface area contributed by atoms with Gasteiger partial charge < -0.3 is 14.5 Å². The van der Waals surface area contributed by atoms with Crippen LogP contribution in [0.5, 0.6) is 0 Å². The lowest BCUT2D eigenvalue weighted by Gasteiger charge is -2.18. The monoisotopic (exact) mass is 228 g/mol. The molecule has 0 saturated carbocycles. The lowest BCUT2D eigenvalue weighted by molar-refractivity contribution is -0.157. The molecular formula is C11H20N2O3. The highest BCUT2D eigenvalue weighted by molar-refractivity contribution is 6.32. The van der Waals surface area contributed by atoms with Gasteiger partial charge in [0.05, 0.1) is 7.11 Å². The summed E-state index contributed by atoms with van der Waals surface area (Å²) in [4.78, 5) is 26.1. The zero-order valence-electron chi connectivity index (χ0n) is 10.2. The van der Waals surface area contributed by atoms with E-state index in [0.717, 1.165) is 19.5 Å². The molecule has 0 aromatic carbocycles. The van der Waals surface area contributed by atoms with Crippen LogP contribution in [0.4, 0.5) is 0 Å². The number of esters is 1.